The van der Waals surface area contributed by atoms with Gasteiger partial charge in [-0.05, 0) is 24.3 Å². The summed E-state index contributed by atoms with van der Waals surface area (Å²) < 4.78 is 5.59. The Morgan fingerprint density at radius 3 is 2.86 bits per heavy atom. The third-order valence-corrected chi connectivity index (χ3v) is 3.92. The number of para-hydroxylation sites is 1. The van der Waals surface area contributed by atoms with Gasteiger partial charge in [0, 0.05) is 12.1 Å². The zero-order valence-electron chi connectivity index (χ0n) is 13.0. The minimum absolute atomic E-state index is 0.0379. The van der Waals surface area contributed by atoms with Gasteiger partial charge >= 0.3 is 0 Å². The van der Waals surface area contributed by atoms with E-state index in [0.29, 0.717) is 13.2 Å². The second-order valence-electron chi connectivity index (χ2n) is 6.83. The Morgan fingerprint density at radius 2 is 2.14 bits per heavy atom. The van der Waals surface area contributed by atoms with Crippen LogP contribution in [-0.2, 0) is 4.79 Å². The number of rotatable bonds is 4. The second-order valence-corrected chi connectivity index (χ2v) is 7.45. The lowest BCUT2D eigenvalue weighted by molar-refractivity contribution is -0.123. The summed E-state index contributed by atoms with van der Waals surface area (Å²) in [6.45, 7) is 7.55. The molecule has 1 heterocycles. The van der Waals surface area contributed by atoms with Crippen LogP contribution in [0.3, 0.4) is 0 Å². The fraction of sp³-hybridized carbons (Fsp3) is 0.588. The molecule has 0 fully saturated rings. The molecule has 2 unspecified atom stereocenters. The molecule has 0 saturated heterocycles. The second kappa shape index (κ2) is 6.69. The lowest BCUT2D eigenvalue weighted by Gasteiger charge is -2.26. The maximum absolute atomic E-state index is 12.4. The van der Waals surface area contributed by atoms with Gasteiger partial charge in [0.05, 0.1) is 17.9 Å². The maximum Gasteiger partial charge on any atom is 0.227 e. The van der Waals surface area contributed by atoms with Crippen molar-refractivity contribution in [3.05, 3.63) is 29.8 Å². The van der Waals surface area contributed by atoms with Crippen LogP contribution >= 0.6 is 11.6 Å². The monoisotopic (exact) mass is 309 g/mol. The number of amides is 1. The van der Waals surface area contributed by atoms with Gasteiger partial charge in [0.25, 0.3) is 0 Å². The smallest absolute Gasteiger partial charge is 0.227 e. The zero-order valence-corrected chi connectivity index (χ0v) is 13.7. The summed E-state index contributed by atoms with van der Waals surface area (Å²) in [7, 11) is 0. The molecule has 1 aromatic rings. The number of fused-ring (bicyclic) bond motifs is 1. The SMILES string of the molecule is CC(C)(C)CC(Cl)CNC(=O)C1CCOc2ccccc21. The van der Waals surface area contributed by atoms with Crippen molar-refractivity contribution in [2.45, 2.75) is 44.9 Å². The minimum atomic E-state index is -0.131. The predicted octanol–water partition coefficient (Wildman–Crippen LogP) is 3.71. The topological polar surface area (TPSA) is 38.3 Å². The Hall–Kier alpha value is -1.22. The van der Waals surface area contributed by atoms with Crippen LogP contribution in [0.15, 0.2) is 24.3 Å². The van der Waals surface area contributed by atoms with Crippen LogP contribution < -0.4 is 10.1 Å². The van der Waals surface area contributed by atoms with Gasteiger partial charge in [0.1, 0.15) is 5.75 Å². The van der Waals surface area contributed by atoms with Crippen molar-refractivity contribution in [3.8, 4) is 5.75 Å². The Labute approximate surface area is 132 Å². The fourth-order valence-corrected chi connectivity index (χ4v) is 3.23. The van der Waals surface area contributed by atoms with Gasteiger partial charge in [-0.1, -0.05) is 39.0 Å². The zero-order chi connectivity index (χ0) is 15.5. The average Bonchev–Trinajstić information content (AvgIpc) is 2.42. The van der Waals surface area contributed by atoms with Crippen LogP contribution in [0.2, 0.25) is 0 Å². The van der Waals surface area contributed by atoms with Crippen molar-refractivity contribution in [3.63, 3.8) is 0 Å². The van der Waals surface area contributed by atoms with E-state index >= 15 is 0 Å². The van der Waals surface area contributed by atoms with Gasteiger partial charge in [0.2, 0.25) is 5.91 Å². The van der Waals surface area contributed by atoms with Crippen molar-refractivity contribution >= 4 is 17.5 Å². The maximum atomic E-state index is 12.4. The number of hydrogen-bond acceptors (Lipinski definition) is 2. The van der Waals surface area contributed by atoms with Gasteiger partial charge in [-0.3, -0.25) is 4.79 Å². The highest BCUT2D eigenvalue weighted by atomic mass is 35.5. The Balaban J connectivity index is 1.93. The molecule has 0 aromatic heterocycles. The van der Waals surface area contributed by atoms with Crippen molar-refractivity contribution in [1.29, 1.82) is 0 Å². The molecule has 1 amide bonds. The largest absolute Gasteiger partial charge is 0.493 e. The highest BCUT2D eigenvalue weighted by molar-refractivity contribution is 6.20. The van der Waals surface area contributed by atoms with E-state index in [4.69, 9.17) is 16.3 Å². The van der Waals surface area contributed by atoms with Crippen molar-refractivity contribution < 1.29 is 9.53 Å². The van der Waals surface area contributed by atoms with E-state index in [1.54, 1.807) is 0 Å². The minimum Gasteiger partial charge on any atom is -0.493 e. The van der Waals surface area contributed by atoms with E-state index in [-0.39, 0.29) is 22.6 Å². The van der Waals surface area contributed by atoms with Gasteiger partial charge in [0.15, 0.2) is 0 Å². The molecule has 0 aliphatic carbocycles. The molecule has 21 heavy (non-hydrogen) atoms. The normalized spacial score (nSPS) is 19.3. The van der Waals surface area contributed by atoms with Crippen LogP contribution in [0.25, 0.3) is 0 Å². The molecule has 1 aliphatic rings. The van der Waals surface area contributed by atoms with Crippen LogP contribution in [0, 0.1) is 5.41 Å². The van der Waals surface area contributed by atoms with E-state index in [9.17, 15) is 4.79 Å². The number of ether oxygens (including phenoxy) is 1. The molecule has 116 valence electrons. The number of hydrogen-bond donors (Lipinski definition) is 1. The lowest BCUT2D eigenvalue weighted by Crippen LogP contribution is -2.36. The summed E-state index contributed by atoms with van der Waals surface area (Å²) in [5.41, 5.74) is 1.14. The van der Waals surface area contributed by atoms with E-state index in [1.807, 2.05) is 24.3 Å². The van der Waals surface area contributed by atoms with E-state index in [1.165, 1.54) is 0 Å². The number of alkyl halides is 1. The van der Waals surface area contributed by atoms with Gasteiger partial charge in [-0.2, -0.15) is 0 Å². The highest BCUT2D eigenvalue weighted by Gasteiger charge is 2.27. The molecule has 0 bridgehead atoms. The Kier molecular flexibility index (Phi) is 5.15. The Bertz CT molecular complexity index is 496. The summed E-state index contributed by atoms with van der Waals surface area (Å²) in [4.78, 5) is 12.4. The quantitative estimate of drug-likeness (QED) is 0.861. The summed E-state index contributed by atoms with van der Waals surface area (Å²) >= 11 is 6.31. The first-order valence-electron chi connectivity index (χ1n) is 7.50. The van der Waals surface area contributed by atoms with Gasteiger partial charge in [-0.25, -0.2) is 0 Å². The summed E-state index contributed by atoms with van der Waals surface area (Å²) in [6.07, 6.45) is 1.59. The molecule has 1 aromatic carbocycles. The molecule has 3 nitrogen and oxygen atoms in total. The lowest BCUT2D eigenvalue weighted by atomic mass is 9.90. The third-order valence-electron chi connectivity index (χ3n) is 3.61. The van der Waals surface area contributed by atoms with Crippen molar-refractivity contribution in [2.75, 3.05) is 13.2 Å². The van der Waals surface area contributed by atoms with Crippen molar-refractivity contribution in [2.24, 2.45) is 5.41 Å². The molecule has 4 heteroatoms. The first-order valence-corrected chi connectivity index (χ1v) is 7.94. The van der Waals surface area contributed by atoms with Crippen molar-refractivity contribution in [1.82, 2.24) is 5.32 Å². The summed E-state index contributed by atoms with van der Waals surface area (Å²) in [5.74, 6) is 0.736. The molecule has 0 spiro atoms. The third kappa shape index (κ3) is 4.63. The van der Waals surface area contributed by atoms with E-state index in [2.05, 4.69) is 26.1 Å². The first kappa shape index (κ1) is 16.2. The average molecular weight is 310 g/mol. The van der Waals surface area contributed by atoms with Crippen LogP contribution in [-0.4, -0.2) is 24.4 Å². The molecule has 1 aliphatic heterocycles. The summed E-state index contributed by atoms with van der Waals surface area (Å²) in [6, 6.07) is 7.75. The molecule has 2 atom stereocenters. The number of benzene rings is 1. The number of carbonyl (C=O) groups is 1. The predicted molar refractivity (Wildman–Crippen MR) is 86.0 cm³/mol. The van der Waals surface area contributed by atoms with Crippen LogP contribution in [0.4, 0.5) is 0 Å². The molecule has 0 radical (unpaired) electrons. The number of nitrogens with one attached hydrogen (secondary N) is 1. The Morgan fingerprint density at radius 1 is 1.43 bits per heavy atom. The molecular formula is C17H24ClNO2. The van der Waals surface area contributed by atoms with E-state index in [0.717, 1.165) is 24.2 Å². The molecule has 1 N–H and O–H groups in total. The molecular weight excluding hydrogens is 286 g/mol. The fourth-order valence-electron chi connectivity index (χ4n) is 2.69. The van der Waals surface area contributed by atoms with Gasteiger partial charge < -0.3 is 10.1 Å². The van der Waals surface area contributed by atoms with Crippen LogP contribution in [0.5, 0.6) is 5.75 Å². The summed E-state index contributed by atoms with van der Waals surface area (Å²) in [5, 5.41) is 2.95. The molecule has 0 saturated carbocycles. The first-order chi connectivity index (χ1) is 9.87. The number of halogens is 1. The highest BCUT2D eigenvalue weighted by Crippen LogP contribution is 2.33. The van der Waals surface area contributed by atoms with Gasteiger partial charge in [-0.15, -0.1) is 11.6 Å². The standard InChI is InChI=1S/C17H24ClNO2/c1-17(2,3)10-12(18)11-19-16(20)14-8-9-21-15-7-5-4-6-13(14)15/h4-7,12,14H,8-11H2,1-3H3,(H,19,20). The van der Waals surface area contributed by atoms with Crippen LogP contribution in [0.1, 0.15) is 45.1 Å². The molecule has 2 rings (SSSR count). The van der Waals surface area contributed by atoms with E-state index < -0.39 is 0 Å². The number of carbonyl (C=O) groups excluding carboxylic acids is 1.